The average molecular weight is 209 g/mol. The van der Waals surface area contributed by atoms with Gasteiger partial charge in [0.1, 0.15) is 0 Å². The highest BCUT2D eigenvalue weighted by Gasteiger charge is 2.41. The van der Waals surface area contributed by atoms with Crippen molar-refractivity contribution in [2.24, 2.45) is 5.73 Å². The van der Waals surface area contributed by atoms with Crippen LogP contribution in [0.2, 0.25) is 0 Å². The van der Waals surface area contributed by atoms with E-state index in [1.165, 1.54) is 12.1 Å². The van der Waals surface area contributed by atoms with E-state index in [0.29, 0.717) is 0 Å². The highest BCUT2D eigenvalue weighted by molar-refractivity contribution is 6.14. The van der Waals surface area contributed by atoms with Crippen molar-refractivity contribution in [3.05, 3.63) is 35.9 Å². The van der Waals surface area contributed by atoms with Crippen molar-refractivity contribution in [2.45, 2.75) is 5.72 Å². The molecule has 0 aliphatic rings. The fraction of sp³-hybridized carbons (Fsp3) is 0.200. The number of Topliss-reactive ketones (excluding diaryl/α,β-unsaturated/α-hetero) is 1. The van der Waals surface area contributed by atoms with Gasteiger partial charge in [-0.2, -0.15) is 0 Å². The first-order chi connectivity index (χ1) is 7.00. The maximum absolute atomic E-state index is 11.6. The van der Waals surface area contributed by atoms with E-state index in [2.05, 4.69) is 4.74 Å². The number of esters is 1. The van der Waals surface area contributed by atoms with Crippen LogP contribution in [0.1, 0.15) is 10.4 Å². The summed E-state index contributed by atoms with van der Waals surface area (Å²) in [4.78, 5) is 22.6. The van der Waals surface area contributed by atoms with Crippen LogP contribution in [0, 0.1) is 0 Å². The first kappa shape index (κ1) is 11.4. The Morgan fingerprint density at radius 3 is 2.33 bits per heavy atom. The molecule has 3 N–H and O–H groups in total. The number of carbonyl (C=O) groups is 2. The standard InChI is InChI=1S/C10H11NO4/c1-15-9(13)10(11,14)8(12)7-5-3-2-4-6-7/h2-6,14H,11H2,1H3. The van der Waals surface area contributed by atoms with Crippen LogP contribution in [0.3, 0.4) is 0 Å². The highest BCUT2D eigenvalue weighted by atomic mass is 16.5. The Labute approximate surface area is 86.5 Å². The number of benzene rings is 1. The molecule has 80 valence electrons. The molecular formula is C10H11NO4. The molecule has 0 bridgehead atoms. The Morgan fingerprint density at radius 1 is 1.33 bits per heavy atom. The van der Waals surface area contributed by atoms with Gasteiger partial charge in [0, 0.05) is 5.56 Å². The van der Waals surface area contributed by atoms with Crippen LogP contribution in [0.5, 0.6) is 0 Å². The molecule has 0 heterocycles. The van der Waals surface area contributed by atoms with E-state index >= 15 is 0 Å². The molecule has 0 aliphatic heterocycles. The molecule has 0 spiro atoms. The molecule has 1 rings (SSSR count). The summed E-state index contributed by atoms with van der Waals surface area (Å²) < 4.78 is 4.22. The Kier molecular flexibility index (Phi) is 3.18. The third-order valence-corrected chi connectivity index (χ3v) is 1.88. The van der Waals surface area contributed by atoms with Gasteiger partial charge in [-0.1, -0.05) is 30.3 Å². The van der Waals surface area contributed by atoms with Crippen molar-refractivity contribution in [3.63, 3.8) is 0 Å². The second-order valence-electron chi connectivity index (χ2n) is 2.95. The summed E-state index contributed by atoms with van der Waals surface area (Å²) in [5.41, 5.74) is 2.70. The minimum absolute atomic E-state index is 0.146. The van der Waals surface area contributed by atoms with Gasteiger partial charge in [0.2, 0.25) is 5.78 Å². The third kappa shape index (κ3) is 2.20. The summed E-state index contributed by atoms with van der Waals surface area (Å²) in [6.07, 6.45) is 0. The van der Waals surface area contributed by atoms with Crippen molar-refractivity contribution in [2.75, 3.05) is 7.11 Å². The summed E-state index contributed by atoms with van der Waals surface area (Å²) in [7, 11) is 1.04. The van der Waals surface area contributed by atoms with E-state index in [1.807, 2.05) is 0 Å². The highest BCUT2D eigenvalue weighted by Crippen LogP contribution is 2.09. The summed E-state index contributed by atoms with van der Waals surface area (Å²) in [5, 5.41) is 9.46. The number of carbonyl (C=O) groups excluding carboxylic acids is 2. The molecule has 1 aromatic carbocycles. The molecule has 1 aromatic rings. The van der Waals surface area contributed by atoms with Gasteiger partial charge < -0.3 is 9.84 Å². The zero-order chi connectivity index (χ0) is 11.5. The first-order valence-electron chi connectivity index (χ1n) is 4.19. The second kappa shape index (κ2) is 4.20. The molecule has 0 saturated carbocycles. The Bertz CT molecular complexity index is 372. The quantitative estimate of drug-likeness (QED) is 0.308. The van der Waals surface area contributed by atoms with Crippen LogP contribution in [0.4, 0.5) is 0 Å². The molecule has 5 nitrogen and oxygen atoms in total. The second-order valence-corrected chi connectivity index (χ2v) is 2.95. The normalized spacial score (nSPS) is 14.1. The van der Waals surface area contributed by atoms with Gasteiger partial charge in [-0.05, 0) is 0 Å². The summed E-state index contributed by atoms with van der Waals surface area (Å²) in [5.74, 6) is -2.08. The topological polar surface area (TPSA) is 89.6 Å². The Hall–Kier alpha value is -1.72. The number of ketones is 1. The molecule has 0 amide bonds. The molecule has 0 fully saturated rings. The number of aliphatic hydroxyl groups is 1. The van der Waals surface area contributed by atoms with E-state index < -0.39 is 17.5 Å². The minimum atomic E-state index is -2.63. The SMILES string of the molecule is COC(=O)C(N)(O)C(=O)c1ccccc1. The number of methoxy groups -OCH3 is 1. The van der Waals surface area contributed by atoms with Gasteiger partial charge in [0.25, 0.3) is 5.72 Å². The molecular weight excluding hydrogens is 198 g/mol. The molecule has 0 radical (unpaired) electrons. The van der Waals surface area contributed by atoms with Gasteiger partial charge in [-0.15, -0.1) is 0 Å². The van der Waals surface area contributed by atoms with Gasteiger partial charge in [0.05, 0.1) is 7.11 Å². The van der Waals surface area contributed by atoms with Gasteiger partial charge in [0.15, 0.2) is 0 Å². The van der Waals surface area contributed by atoms with Crippen molar-refractivity contribution in [3.8, 4) is 0 Å². The van der Waals surface area contributed by atoms with E-state index in [-0.39, 0.29) is 5.56 Å². The van der Waals surface area contributed by atoms with Gasteiger partial charge >= 0.3 is 5.97 Å². The lowest BCUT2D eigenvalue weighted by Crippen LogP contribution is -2.55. The lowest BCUT2D eigenvalue weighted by atomic mass is 10.0. The van der Waals surface area contributed by atoms with Crippen molar-refractivity contribution < 1.29 is 19.4 Å². The molecule has 1 unspecified atom stereocenters. The van der Waals surface area contributed by atoms with Crippen LogP contribution in [-0.2, 0) is 9.53 Å². The smallest absolute Gasteiger partial charge is 0.361 e. The van der Waals surface area contributed by atoms with Crippen molar-refractivity contribution in [1.82, 2.24) is 0 Å². The first-order valence-corrected chi connectivity index (χ1v) is 4.19. The van der Waals surface area contributed by atoms with Gasteiger partial charge in [-0.25, -0.2) is 4.79 Å². The predicted molar refractivity (Wildman–Crippen MR) is 51.9 cm³/mol. The molecule has 1 atom stereocenters. The van der Waals surface area contributed by atoms with E-state index in [9.17, 15) is 14.7 Å². The average Bonchev–Trinajstić information content (AvgIpc) is 2.28. The lowest BCUT2D eigenvalue weighted by molar-refractivity contribution is -0.156. The number of hydrogen-bond donors (Lipinski definition) is 2. The molecule has 0 aromatic heterocycles. The predicted octanol–water partition coefficient (Wildman–Crippen LogP) is -0.310. The maximum Gasteiger partial charge on any atom is 0.361 e. The molecule has 0 aliphatic carbocycles. The summed E-state index contributed by atoms with van der Waals surface area (Å²) >= 11 is 0. The number of nitrogens with two attached hydrogens (primary N) is 1. The Balaban J connectivity index is 3.00. The van der Waals surface area contributed by atoms with E-state index in [0.717, 1.165) is 7.11 Å². The zero-order valence-corrected chi connectivity index (χ0v) is 8.14. The van der Waals surface area contributed by atoms with Crippen LogP contribution < -0.4 is 5.73 Å². The molecule has 5 heteroatoms. The number of ether oxygens (including phenoxy) is 1. The van der Waals surface area contributed by atoms with Crippen LogP contribution in [0.25, 0.3) is 0 Å². The fourth-order valence-electron chi connectivity index (χ4n) is 1.06. The number of hydrogen-bond acceptors (Lipinski definition) is 5. The summed E-state index contributed by atoms with van der Waals surface area (Å²) in [6.45, 7) is 0. The zero-order valence-electron chi connectivity index (χ0n) is 8.14. The van der Waals surface area contributed by atoms with Crippen LogP contribution in [0.15, 0.2) is 30.3 Å². The third-order valence-electron chi connectivity index (χ3n) is 1.88. The monoisotopic (exact) mass is 209 g/mol. The van der Waals surface area contributed by atoms with Crippen LogP contribution >= 0.6 is 0 Å². The van der Waals surface area contributed by atoms with Crippen molar-refractivity contribution >= 4 is 11.8 Å². The van der Waals surface area contributed by atoms with Gasteiger partial charge in [-0.3, -0.25) is 10.5 Å². The summed E-state index contributed by atoms with van der Waals surface area (Å²) in [6, 6.07) is 7.79. The molecule has 0 saturated heterocycles. The minimum Gasteiger partial charge on any atom is -0.465 e. The van der Waals surface area contributed by atoms with Crippen LogP contribution in [-0.4, -0.2) is 29.7 Å². The Morgan fingerprint density at radius 2 is 1.87 bits per heavy atom. The number of rotatable bonds is 3. The van der Waals surface area contributed by atoms with E-state index in [1.54, 1.807) is 18.2 Å². The maximum atomic E-state index is 11.6. The van der Waals surface area contributed by atoms with E-state index in [4.69, 9.17) is 5.73 Å². The largest absolute Gasteiger partial charge is 0.465 e. The lowest BCUT2D eigenvalue weighted by Gasteiger charge is -2.18. The molecule has 15 heavy (non-hydrogen) atoms. The fourth-order valence-corrected chi connectivity index (χ4v) is 1.06. The van der Waals surface area contributed by atoms with Crippen molar-refractivity contribution in [1.29, 1.82) is 0 Å².